The average Bonchev–Trinajstić information content (AvgIpc) is 2.66. The molecule has 1 heteroatoms. The molecule has 1 unspecified atom stereocenters. The summed E-state index contributed by atoms with van der Waals surface area (Å²) in [6.07, 6.45) is 4.72. The number of rotatable bonds is 6. The van der Waals surface area contributed by atoms with Crippen LogP contribution in [0.25, 0.3) is 6.08 Å². The molecule has 0 saturated heterocycles. The summed E-state index contributed by atoms with van der Waals surface area (Å²) in [5.74, 6) is 0.234. The van der Waals surface area contributed by atoms with Crippen molar-refractivity contribution in [2.24, 2.45) is 0 Å². The summed E-state index contributed by atoms with van der Waals surface area (Å²) in [6, 6.07) is 28.1. The van der Waals surface area contributed by atoms with Crippen LogP contribution in [-0.2, 0) is 0 Å². The first-order valence-electron chi connectivity index (χ1n) is 8.60. The Labute approximate surface area is 149 Å². The molecule has 0 bridgehead atoms. The largest absolute Gasteiger partial charge is 0.294 e. The second-order valence-electron chi connectivity index (χ2n) is 6.28. The van der Waals surface area contributed by atoms with Crippen LogP contribution in [0.2, 0.25) is 0 Å². The Bertz CT molecular complexity index is 848. The molecule has 25 heavy (non-hydrogen) atoms. The van der Waals surface area contributed by atoms with E-state index in [1.165, 1.54) is 11.1 Å². The first-order valence-corrected chi connectivity index (χ1v) is 8.60. The third-order valence-corrected chi connectivity index (χ3v) is 4.29. The van der Waals surface area contributed by atoms with Crippen molar-refractivity contribution >= 4 is 11.9 Å². The third-order valence-electron chi connectivity index (χ3n) is 4.29. The summed E-state index contributed by atoms with van der Waals surface area (Å²) in [7, 11) is 0. The van der Waals surface area contributed by atoms with Crippen LogP contribution in [-0.4, -0.2) is 5.78 Å². The molecule has 0 aliphatic carbocycles. The van der Waals surface area contributed by atoms with Gasteiger partial charge in [-0.05, 0) is 18.1 Å². The Morgan fingerprint density at radius 2 is 1.56 bits per heavy atom. The Morgan fingerprint density at radius 3 is 2.24 bits per heavy atom. The van der Waals surface area contributed by atoms with E-state index in [0.717, 1.165) is 11.1 Å². The van der Waals surface area contributed by atoms with Crippen molar-refractivity contribution in [2.75, 3.05) is 0 Å². The zero-order chi connectivity index (χ0) is 17.5. The van der Waals surface area contributed by atoms with Gasteiger partial charge in [0, 0.05) is 17.9 Å². The summed E-state index contributed by atoms with van der Waals surface area (Å²) in [6.45, 7) is 2.08. The Balaban J connectivity index is 1.86. The van der Waals surface area contributed by atoms with Crippen molar-refractivity contribution in [3.63, 3.8) is 0 Å². The number of carbonyl (C=O) groups excluding carboxylic acids is 1. The molecule has 1 nitrogen and oxygen atoms in total. The summed E-state index contributed by atoms with van der Waals surface area (Å²) < 4.78 is 0. The number of ketones is 1. The fourth-order valence-corrected chi connectivity index (χ4v) is 2.93. The van der Waals surface area contributed by atoms with Crippen molar-refractivity contribution < 1.29 is 4.79 Å². The predicted molar refractivity (Wildman–Crippen MR) is 105 cm³/mol. The number of hydrogen-bond donors (Lipinski definition) is 0. The fraction of sp³-hybridized carbons (Fsp3) is 0.125. The van der Waals surface area contributed by atoms with Gasteiger partial charge in [-0.15, -0.1) is 0 Å². The first kappa shape index (κ1) is 16.9. The van der Waals surface area contributed by atoms with E-state index < -0.39 is 0 Å². The van der Waals surface area contributed by atoms with E-state index in [1.54, 1.807) is 0 Å². The number of hydrogen-bond acceptors (Lipinski definition) is 1. The van der Waals surface area contributed by atoms with E-state index in [0.29, 0.717) is 6.42 Å². The van der Waals surface area contributed by atoms with E-state index in [-0.39, 0.29) is 11.7 Å². The second kappa shape index (κ2) is 8.25. The third kappa shape index (κ3) is 4.77. The van der Waals surface area contributed by atoms with Crippen molar-refractivity contribution in [2.45, 2.75) is 19.3 Å². The number of Topliss-reactive ketones (excluding diaryl/α,β-unsaturated/α-hetero) is 1. The van der Waals surface area contributed by atoms with Gasteiger partial charge in [-0.3, -0.25) is 4.79 Å². The molecule has 0 N–H and O–H groups in total. The molecule has 0 amide bonds. The maximum absolute atomic E-state index is 12.7. The van der Waals surface area contributed by atoms with Gasteiger partial charge >= 0.3 is 0 Å². The molecule has 0 aliphatic heterocycles. The van der Waals surface area contributed by atoms with Crippen molar-refractivity contribution in [3.05, 3.63) is 113 Å². The quantitative estimate of drug-likeness (QED) is 0.503. The van der Waals surface area contributed by atoms with Crippen LogP contribution < -0.4 is 0 Å². The molecule has 0 aliphatic rings. The van der Waals surface area contributed by atoms with Crippen LogP contribution in [0.1, 0.15) is 39.4 Å². The average molecular weight is 326 g/mol. The molecule has 0 heterocycles. The molecule has 3 rings (SSSR count). The SMILES string of the molecule is Cc1cccc(C(/C=C/c2ccccc2)CC(=O)c2ccccc2)c1. The van der Waals surface area contributed by atoms with E-state index in [4.69, 9.17) is 0 Å². The highest BCUT2D eigenvalue weighted by Crippen LogP contribution is 2.25. The molecule has 1 atom stereocenters. The van der Waals surface area contributed by atoms with Gasteiger partial charge in [0.05, 0.1) is 0 Å². The van der Waals surface area contributed by atoms with Gasteiger partial charge in [0.15, 0.2) is 5.78 Å². The van der Waals surface area contributed by atoms with Crippen molar-refractivity contribution in [3.8, 4) is 0 Å². The van der Waals surface area contributed by atoms with Gasteiger partial charge in [-0.25, -0.2) is 0 Å². The molecule has 124 valence electrons. The molecule has 3 aromatic rings. The van der Waals surface area contributed by atoms with Crippen molar-refractivity contribution in [1.29, 1.82) is 0 Å². The smallest absolute Gasteiger partial charge is 0.163 e. The molecule has 0 aromatic heterocycles. The number of benzene rings is 3. The van der Waals surface area contributed by atoms with Crippen LogP contribution in [0, 0.1) is 6.92 Å². The summed E-state index contributed by atoms with van der Waals surface area (Å²) >= 11 is 0. The van der Waals surface area contributed by atoms with E-state index in [1.807, 2.05) is 48.5 Å². The van der Waals surface area contributed by atoms with Crippen LogP contribution in [0.15, 0.2) is 91.0 Å². The molecular formula is C24H22O. The van der Waals surface area contributed by atoms with Crippen LogP contribution in [0.3, 0.4) is 0 Å². The highest BCUT2D eigenvalue weighted by Gasteiger charge is 2.15. The lowest BCUT2D eigenvalue weighted by Gasteiger charge is -2.14. The summed E-state index contributed by atoms with van der Waals surface area (Å²) in [5, 5.41) is 0. The van der Waals surface area contributed by atoms with E-state index in [9.17, 15) is 4.79 Å². The van der Waals surface area contributed by atoms with E-state index >= 15 is 0 Å². The van der Waals surface area contributed by atoms with E-state index in [2.05, 4.69) is 55.5 Å². The Hall–Kier alpha value is -2.93. The molecule has 0 saturated carbocycles. The molecule has 0 spiro atoms. The normalized spacial score (nSPS) is 12.2. The topological polar surface area (TPSA) is 17.1 Å². The summed E-state index contributed by atoms with van der Waals surface area (Å²) in [5.41, 5.74) is 4.31. The van der Waals surface area contributed by atoms with Gasteiger partial charge in [0.25, 0.3) is 0 Å². The van der Waals surface area contributed by atoms with Crippen LogP contribution in [0.5, 0.6) is 0 Å². The molecule has 3 aromatic carbocycles. The van der Waals surface area contributed by atoms with Crippen molar-refractivity contribution in [1.82, 2.24) is 0 Å². The minimum atomic E-state index is 0.0628. The predicted octanol–water partition coefficient (Wildman–Crippen LogP) is 6.07. The highest BCUT2D eigenvalue weighted by atomic mass is 16.1. The molecular weight excluding hydrogens is 304 g/mol. The lowest BCUT2D eigenvalue weighted by molar-refractivity contribution is 0.0978. The second-order valence-corrected chi connectivity index (χ2v) is 6.28. The number of aryl methyl sites for hydroxylation is 1. The minimum absolute atomic E-state index is 0.0628. The standard InChI is InChI=1S/C24H22O/c1-19-9-8-14-22(17-19)23(16-15-20-10-4-2-5-11-20)18-24(25)21-12-6-3-7-13-21/h2-17,23H,18H2,1H3/b16-15+. The molecule has 0 fully saturated rings. The minimum Gasteiger partial charge on any atom is -0.294 e. The monoisotopic (exact) mass is 326 g/mol. The van der Waals surface area contributed by atoms with Gasteiger partial charge < -0.3 is 0 Å². The maximum atomic E-state index is 12.7. The fourth-order valence-electron chi connectivity index (χ4n) is 2.93. The van der Waals surface area contributed by atoms with Gasteiger partial charge in [-0.1, -0.05) is 103 Å². The lowest BCUT2D eigenvalue weighted by atomic mass is 9.90. The summed E-state index contributed by atoms with van der Waals surface area (Å²) in [4.78, 5) is 12.7. The van der Waals surface area contributed by atoms with Gasteiger partial charge in [0.2, 0.25) is 0 Å². The maximum Gasteiger partial charge on any atom is 0.163 e. The zero-order valence-electron chi connectivity index (χ0n) is 14.4. The van der Waals surface area contributed by atoms with Crippen LogP contribution in [0.4, 0.5) is 0 Å². The Kier molecular flexibility index (Phi) is 5.58. The lowest BCUT2D eigenvalue weighted by Crippen LogP contribution is -2.06. The highest BCUT2D eigenvalue weighted by molar-refractivity contribution is 5.96. The van der Waals surface area contributed by atoms with Gasteiger partial charge in [0.1, 0.15) is 0 Å². The van der Waals surface area contributed by atoms with Gasteiger partial charge in [-0.2, -0.15) is 0 Å². The number of allylic oxidation sites excluding steroid dienone is 1. The Morgan fingerprint density at radius 1 is 0.880 bits per heavy atom. The first-order chi connectivity index (χ1) is 12.2. The zero-order valence-corrected chi connectivity index (χ0v) is 14.4. The molecule has 0 radical (unpaired) electrons. The number of carbonyl (C=O) groups is 1. The van der Waals surface area contributed by atoms with Crippen LogP contribution >= 0.6 is 0 Å².